The number of carbonyl (C=O) groups is 1. The summed E-state index contributed by atoms with van der Waals surface area (Å²) in [6.07, 6.45) is 3.49. The molecule has 1 heterocycles. The third-order valence-electron chi connectivity index (χ3n) is 3.52. The number of nitrogens with two attached hydrogens (primary N) is 1. The minimum atomic E-state index is 0.141. The fraction of sp³-hybridized carbons (Fsp3) is 0.533. The molecule has 1 unspecified atom stereocenters. The number of hydrogen-bond donors (Lipinski definition) is 2. The first-order valence-electron chi connectivity index (χ1n) is 6.93. The van der Waals surface area contributed by atoms with E-state index in [1.807, 2.05) is 24.3 Å². The molecule has 1 aliphatic heterocycles. The second-order valence-electron chi connectivity index (χ2n) is 5.11. The van der Waals surface area contributed by atoms with Gasteiger partial charge in [0.15, 0.2) is 0 Å². The number of hydrogen-bond acceptors (Lipinski definition) is 3. The predicted octanol–water partition coefficient (Wildman–Crippen LogP) is 1.74. The maximum Gasteiger partial charge on any atom is 0.220 e. The molecule has 4 nitrogen and oxygen atoms in total. The van der Waals surface area contributed by atoms with Gasteiger partial charge in [-0.15, -0.1) is 0 Å². The van der Waals surface area contributed by atoms with Crippen molar-refractivity contribution in [2.24, 2.45) is 5.92 Å². The summed E-state index contributed by atoms with van der Waals surface area (Å²) >= 11 is 0. The van der Waals surface area contributed by atoms with Crippen LogP contribution in [-0.2, 0) is 16.0 Å². The normalized spacial score (nSPS) is 18.4. The maximum atomic E-state index is 11.7. The van der Waals surface area contributed by atoms with E-state index in [0.717, 1.165) is 38.2 Å². The van der Waals surface area contributed by atoms with Crippen LogP contribution in [0.15, 0.2) is 24.3 Å². The number of carbonyl (C=O) groups excluding carboxylic acids is 1. The molecule has 1 saturated heterocycles. The largest absolute Gasteiger partial charge is 0.399 e. The molecule has 1 amide bonds. The van der Waals surface area contributed by atoms with Crippen molar-refractivity contribution in [1.29, 1.82) is 0 Å². The first-order valence-corrected chi connectivity index (χ1v) is 6.93. The molecule has 1 fully saturated rings. The summed E-state index contributed by atoms with van der Waals surface area (Å²) in [4.78, 5) is 11.7. The summed E-state index contributed by atoms with van der Waals surface area (Å²) in [5, 5.41) is 2.96. The summed E-state index contributed by atoms with van der Waals surface area (Å²) in [5.74, 6) is 0.713. The zero-order valence-electron chi connectivity index (χ0n) is 11.2. The highest BCUT2D eigenvalue weighted by Gasteiger charge is 2.16. The van der Waals surface area contributed by atoms with Gasteiger partial charge in [-0.1, -0.05) is 12.1 Å². The van der Waals surface area contributed by atoms with Crippen LogP contribution in [0.2, 0.25) is 0 Å². The molecule has 104 valence electrons. The molecule has 1 aromatic rings. The molecule has 1 aliphatic rings. The Hall–Kier alpha value is -1.55. The van der Waals surface area contributed by atoms with E-state index in [-0.39, 0.29) is 5.91 Å². The third kappa shape index (κ3) is 4.91. The van der Waals surface area contributed by atoms with Gasteiger partial charge in [0.05, 0.1) is 0 Å². The smallest absolute Gasteiger partial charge is 0.220 e. The second kappa shape index (κ2) is 7.14. The Labute approximate surface area is 114 Å². The summed E-state index contributed by atoms with van der Waals surface area (Å²) in [7, 11) is 0. The molecular weight excluding hydrogens is 240 g/mol. The SMILES string of the molecule is Nc1ccc(CCNC(=O)CCC2CCOC2)cc1. The van der Waals surface area contributed by atoms with Crippen molar-refractivity contribution >= 4 is 11.6 Å². The zero-order chi connectivity index (χ0) is 13.5. The van der Waals surface area contributed by atoms with E-state index in [2.05, 4.69) is 5.32 Å². The minimum absolute atomic E-state index is 0.141. The summed E-state index contributed by atoms with van der Waals surface area (Å²) in [6.45, 7) is 2.35. The number of rotatable bonds is 6. The Morgan fingerprint density at radius 3 is 2.84 bits per heavy atom. The molecule has 0 aromatic heterocycles. The Balaban J connectivity index is 1.59. The lowest BCUT2D eigenvalue weighted by Crippen LogP contribution is -2.26. The highest BCUT2D eigenvalue weighted by molar-refractivity contribution is 5.75. The van der Waals surface area contributed by atoms with Crippen molar-refractivity contribution in [3.05, 3.63) is 29.8 Å². The van der Waals surface area contributed by atoms with Crippen LogP contribution >= 0.6 is 0 Å². The van der Waals surface area contributed by atoms with E-state index in [0.29, 0.717) is 18.9 Å². The van der Waals surface area contributed by atoms with Crippen LogP contribution in [0, 0.1) is 5.92 Å². The molecule has 1 atom stereocenters. The molecule has 19 heavy (non-hydrogen) atoms. The summed E-state index contributed by atoms with van der Waals surface area (Å²) in [6, 6.07) is 7.77. The van der Waals surface area contributed by atoms with Gasteiger partial charge < -0.3 is 15.8 Å². The van der Waals surface area contributed by atoms with E-state index >= 15 is 0 Å². The van der Waals surface area contributed by atoms with Crippen molar-refractivity contribution in [3.8, 4) is 0 Å². The highest BCUT2D eigenvalue weighted by Crippen LogP contribution is 2.17. The zero-order valence-corrected chi connectivity index (χ0v) is 11.2. The van der Waals surface area contributed by atoms with Gasteiger partial charge in [0.25, 0.3) is 0 Å². The van der Waals surface area contributed by atoms with Gasteiger partial charge >= 0.3 is 0 Å². The lowest BCUT2D eigenvalue weighted by Gasteiger charge is -2.08. The fourth-order valence-corrected chi connectivity index (χ4v) is 2.27. The predicted molar refractivity (Wildman–Crippen MR) is 75.7 cm³/mol. The second-order valence-corrected chi connectivity index (χ2v) is 5.11. The molecule has 0 bridgehead atoms. The molecule has 1 aromatic carbocycles. The van der Waals surface area contributed by atoms with Crippen LogP contribution in [0.4, 0.5) is 5.69 Å². The molecule has 0 aliphatic carbocycles. The lowest BCUT2D eigenvalue weighted by molar-refractivity contribution is -0.121. The van der Waals surface area contributed by atoms with Crippen molar-refractivity contribution in [2.75, 3.05) is 25.5 Å². The number of anilines is 1. The van der Waals surface area contributed by atoms with E-state index < -0.39 is 0 Å². The van der Waals surface area contributed by atoms with Gasteiger partial charge in [0.1, 0.15) is 0 Å². The average molecular weight is 262 g/mol. The van der Waals surface area contributed by atoms with E-state index in [9.17, 15) is 4.79 Å². The fourth-order valence-electron chi connectivity index (χ4n) is 2.27. The lowest BCUT2D eigenvalue weighted by atomic mass is 10.0. The first-order chi connectivity index (χ1) is 9.24. The van der Waals surface area contributed by atoms with Crippen LogP contribution in [0.3, 0.4) is 0 Å². The van der Waals surface area contributed by atoms with Crippen LogP contribution in [0.25, 0.3) is 0 Å². The van der Waals surface area contributed by atoms with Gasteiger partial charge in [-0.05, 0) is 42.9 Å². The molecule has 0 spiro atoms. The van der Waals surface area contributed by atoms with E-state index in [1.54, 1.807) is 0 Å². The van der Waals surface area contributed by atoms with E-state index in [4.69, 9.17) is 10.5 Å². The topological polar surface area (TPSA) is 64.3 Å². The highest BCUT2D eigenvalue weighted by atomic mass is 16.5. The van der Waals surface area contributed by atoms with E-state index in [1.165, 1.54) is 5.56 Å². The van der Waals surface area contributed by atoms with Crippen LogP contribution in [0.5, 0.6) is 0 Å². The molecule has 0 radical (unpaired) electrons. The number of nitrogen functional groups attached to an aromatic ring is 1. The van der Waals surface area contributed by atoms with Crippen molar-refractivity contribution in [2.45, 2.75) is 25.7 Å². The monoisotopic (exact) mass is 262 g/mol. The van der Waals surface area contributed by atoms with Gasteiger partial charge in [0.2, 0.25) is 5.91 Å². The molecular formula is C15H22N2O2. The Bertz CT molecular complexity index is 397. The Kier molecular flexibility index (Phi) is 5.21. The van der Waals surface area contributed by atoms with Gasteiger partial charge in [-0.25, -0.2) is 0 Å². The van der Waals surface area contributed by atoms with Gasteiger partial charge in [-0.3, -0.25) is 4.79 Å². The van der Waals surface area contributed by atoms with Gasteiger partial charge in [0, 0.05) is 31.9 Å². The average Bonchev–Trinajstić information content (AvgIpc) is 2.92. The quantitative estimate of drug-likeness (QED) is 0.768. The third-order valence-corrected chi connectivity index (χ3v) is 3.52. The number of nitrogens with one attached hydrogen (secondary N) is 1. The number of benzene rings is 1. The van der Waals surface area contributed by atoms with Crippen molar-refractivity contribution < 1.29 is 9.53 Å². The van der Waals surface area contributed by atoms with Crippen LogP contribution in [0.1, 0.15) is 24.8 Å². The summed E-state index contributed by atoms with van der Waals surface area (Å²) in [5.41, 5.74) is 7.59. The number of ether oxygens (including phenoxy) is 1. The van der Waals surface area contributed by atoms with Crippen molar-refractivity contribution in [3.63, 3.8) is 0 Å². The molecule has 0 saturated carbocycles. The Morgan fingerprint density at radius 1 is 1.37 bits per heavy atom. The molecule has 4 heteroatoms. The Morgan fingerprint density at radius 2 is 2.16 bits per heavy atom. The molecule has 2 rings (SSSR count). The first kappa shape index (κ1) is 13.9. The maximum absolute atomic E-state index is 11.7. The van der Waals surface area contributed by atoms with Crippen LogP contribution in [-0.4, -0.2) is 25.7 Å². The molecule has 3 N–H and O–H groups in total. The van der Waals surface area contributed by atoms with Crippen LogP contribution < -0.4 is 11.1 Å². The standard InChI is InChI=1S/C15H22N2O2/c16-14-4-1-12(2-5-14)7-9-17-15(18)6-3-13-8-10-19-11-13/h1-2,4-5,13H,3,6-11,16H2,(H,17,18). The minimum Gasteiger partial charge on any atom is -0.399 e. The van der Waals surface area contributed by atoms with Crippen molar-refractivity contribution in [1.82, 2.24) is 5.32 Å². The number of amides is 1. The van der Waals surface area contributed by atoms with Gasteiger partial charge in [-0.2, -0.15) is 0 Å². The summed E-state index contributed by atoms with van der Waals surface area (Å²) < 4.78 is 5.30.